The summed E-state index contributed by atoms with van der Waals surface area (Å²) < 4.78 is 5.62. The Morgan fingerprint density at radius 3 is 2.96 bits per heavy atom. The lowest BCUT2D eigenvalue weighted by atomic mass is 9.89. The number of thiophene rings is 1. The molecule has 0 spiro atoms. The topological polar surface area (TPSA) is 93.2 Å². The average molecular weight is 376 g/mol. The third-order valence-corrected chi connectivity index (χ3v) is 5.48. The Balaban J connectivity index is 1.66. The fraction of sp³-hybridized carbons (Fsp3) is 0.556. The van der Waals surface area contributed by atoms with Gasteiger partial charge >= 0.3 is 6.03 Å². The van der Waals surface area contributed by atoms with E-state index in [4.69, 9.17) is 4.74 Å². The maximum atomic E-state index is 11.9. The van der Waals surface area contributed by atoms with Gasteiger partial charge in [-0.1, -0.05) is 20.8 Å². The number of rotatable bonds is 5. The van der Waals surface area contributed by atoms with Crippen LogP contribution in [0, 0.1) is 11.8 Å². The van der Waals surface area contributed by atoms with Crippen molar-refractivity contribution in [2.24, 2.45) is 11.8 Å². The molecule has 1 unspecified atom stereocenters. The largest absolute Gasteiger partial charge is 0.467 e. The Labute approximate surface area is 156 Å². The Hall–Kier alpha value is -2.22. The van der Waals surface area contributed by atoms with Crippen LogP contribution in [0.25, 0.3) is 10.2 Å². The smallest absolute Gasteiger partial charge is 0.321 e. The number of aryl methyl sites for hydroxylation is 1. The van der Waals surface area contributed by atoms with Crippen LogP contribution < -0.4 is 15.4 Å². The fourth-order valence-corrected chi connectivity index (χ4v) is 4.33. The van der Waals surface area contributed by atoms with Gasteiger partial charge in [-0.3, -0.25) is 10.1 Å². The molecule has 0 fully saturated rings. The molecular formula is C18H24N4O3S. The van der Waals surface area contributed by atoms with Gasteiger partial charge in [0.15, 0.2) is 6.61 Å². The van der Waals surface area contributed by atoms with E-state index in [-0.39, 0.29) is 6.61 Å². The molecule has 8 heteroatoms. The quantitative estimate of drug-likeness (QED) is 0.837. The molecule has 7 nitrogen and oxygen atoms in total. The molecule has 26 heavy (non-hydrogen) atoms. The predicted molar refractivity (Wildman–Crippen MR) is 100 cm³/mol. The number of nitrogens with one attached hydrogen (secondary N) is 2. The first-order valence-corrected chi connectivity index (χ1v) is 9.71. The van der Waals surface area contributed by atoms with Gasteiger partial charge in [0.25, 0.3) is 5.91 Å². The number of amides is 3. The third-order valence-electron chi connectivity index (χ3n) is 4.32. The number of hydrogen-bond acceptors (Lipinski definition) is 6. The minimum atomic E-state index is -0.512. The lowest BCUT2D eigenvalue weighted by Crippen LogP contribution is -2.42. The maximum absolute atomic E-state index is 11.9. The normalized spacial score (nSPS) is 16.4. The van der Waals surface area contributed by atoms with Crippen molar-refractivity contribution in [1.29, 1.82) is 0 Å². The summed E-state index contributed by atoms with van der Waals surface area (Å²) in [6.45, 7) is 6.46. The van der Waals surface area contributed by atoms with Gasteiger partial charge in [0.2, 0.25) is 5.88 Å². The highest BCUT2D eigenvalue weighted by Crippen LogP contribution is 2.40. The van der Waals surface area contributed by atoms with Gasteiger partial charge in [-0.15, -0.1) is 11.3 Å². The van der Waals surface area contributed by atoms with Crippen LogP contribution in [0.15, 0.2) is 6.33 Å². The van der Waals surface area contributed by atoms with Crippen LogP contribution in [0.3, 0.4) is 0 Å². The van der Waals surface area contributed by atoms with Gasteiger partial charge < -0.3 is 10.1 Å². The van der Waals surface area contributed by atoms with E-state index in [1.165, 1.54) is 16.8 Å². The van der Waals surface area contributed by atoms with Crippen molar-refractivity contribution >= 4 is 33.5 Å². The van der Waals surface area contributed by atoms with Crippen LogP contribution in [0.4, 0.5) is 4.79 Å². The summed E-state index contributed by atoms with van der Waals surface area (Å²) >= 11 is 1.68. The van der Waals surface area contributed by atoms with Crippen molar-refractivity contribution in [3.63, 3.8) is 0 Å². The van der Waals surface area contributed by atoms with E-state index in [9.17, 15) is 9.59 Å². The standard InChI is InChI=1S/C18H24N4O3S/c1-10(2)7-19-18(24)22-14(23)8-25-16-15-12-5-4-11(3)6-13(12)26-17(15)21-9-20-16/h9-11H,4-8H2,1-3H3,(H2,19,22,23,24). The molecule has 2 N–H and O–H groups in total. The van der Waals surface area contributed by atoms with Gasteiger partial charge in [-0.05, 0) is 36.7 Å². The van der Waals surface area contributed by atoms with Crippen LogP contribution in [0.1, 0.15) is 37.6 Å². The molecular weight excluding hydrogens is 352 g/mol. The zero-order valence-corrected chi connectivity index (χ0v) is 16.1. The van der Waals surface area contributed by atoms with E-state index >= 15 is 0 Å². The summed E-state index contributed by atoms with van der Waals surface area (Å²) in [6.07, 6.45) is 4.61. The molecule has 2 aromatic rings. The van der Waals surface area contributed by atoms with Crippen LogP contribution in [-0.2, 0) is 17.6 Å². The van der Waals surface area contributed by atoms with Gasteiger partial charge in [0.1, 0.15) is 11.2 Å². The second kappa shape index (κ2) is 7.99. The summed E-state index contributed by atoms with van der Waals surface area (Å²) in [7, 11) is 0. The molecule has 2 aromatic heterocycles. The molecule has 1 aliphatic carbocycles. The molecule has 0 bridgehead atoms. The van der Waals surface area contributed by atoms with E-state index in [0.29, 0.717) is 24.3 Å². The highest BCUT2D eigenvalue weighted by atomic mass is 32.1. The van der Waals surface area contributed by atoms with Crippen molar-refractivity contribution in [1.82, 2.24) is 20.6 Å². The van der Waals surface area contributed by atoms with Crippen molar-refractivity contribution in [3.8, 4) is 5.88 Å². The molecule has 2 heterocycles. The second-order valence-corrected chi connectivity index (χ2v) is 8.24. The number of urea groups is 1. The summed E-state index contributed by atoms with van der Waals surface area (Å²) in [5.74, 6) is 0.896. The lowest BCUT2D eigenvalue weighted by Gasteiger charge is -2.18. The Bertz CT molecular complexity index is 818. The molecule has 3 rings (SSSR count). The monoisotopic (exact) mass is 376 g/mol. The first-order valence-electron chi connectivity index (χ1n) is 8.89. The molecule has 1 atom stereocenters. The van der Waals surface area contributed by atoms with Crippen molar-refractivity contribution in [2.75, 3.05) is 13.2 Å². The zero-order chi connectivity index (χ0) is 18.7. The number of carbonyl (C=O) groups excluding carboxylic acids is 2. The summed E-state index contributed by atoms with van der Waals surface area (Å²) in [5.41, 5.74) is 1.24. The van der Waals surface area contributed by atoms with Gasteiger partial charge in [0, 0.05) is 11.4 Å². The summed E-state index contributed by atoms with van der Waals surface area (Å²) in [4.78, 5) is 34.4. The van der Waals surface area contributed by atoms with E-state index in [1.54, 1.807) is 11.3 Å². The van der Waals surface area contributed by atoms with Crippen LogP contribution in [0.2, 0.25) is 0 Å². The first-order chi connectivity index (χ1) is 12.4. The minimum absolute atomic E-state index is 0.262. The number of hydrogen-bond donors (Lipinski definition) is 2. The van der Waals surface area contributed by atoms with Crippen molar-refractivity contribution in [3.05, 3.63) is 16.8 Å². The van der Waals surface area contributed by atoms with Gasteiger partial charge in [-0.25, -0.2) is 14.8 Å². The average Bonchev–Trinajstić information content (AvgIpc) is 2.96. The first kappa shape index (κ1) is 18.6. The molecule has 0 saturated heterocycles. The Morgan fingerprint density at radius 1 is 1.38 bits per heavy atom. The van der Waals surface area contributed by atoms with E-state index < -0.39 is 11.9 Å². The van der Waals surface area contributed by atoms with E-state index in [0.717, 1.165) is 29.5 Å². The Kier molecular flexibility index (Phi) is 5.70. The molecule has 0 radical (unpaired) electrons. The van der Waals surface area contributed by atoms with E-state index in [1.807, 2.05) is 13.8 Å². The van der Waals surface area contributed by atoms with Gasteiger partial charge in [-0.2, -0.15) is 0 Å². The number of nitrogens with zero attached hydrogens (tertiary/aromatic N) is 2. The van der Waals surface area contributed by atoms with Crippen LogP contribution in [-0.4, -0.2) is 35.1 Å². The maximum Gasteiger partial charge on any atom is 0.321 e. The number of ether oxygens (including phenoxy) is 1. The molecule has 3 amide bonds. The Morgan fingerprint density at radius 2 is 2.19 bits per heavy atom. The number of imide groups is 1. The molecule has 0 saturated carbocycles. The van der Waals surface area contributed by atoms with E-state index in [2.05, 4.69) is 27.5 Å². The SMILES string of the molecule is CC(C)CNC(=O)NC(=O)COc1ncnc2sc3c(c12)CCC(C)C3. The summed E-state index contributed by atoms with van der Waals surface area (Å²) in [6, 6.07) is -0.512. The highest BCUT2D eigenvalue weighted by molar-refractivity contribution is 7.18. The van der Waals surface area contributed by atoms with Crippen LogP contribution >= 0.6 is 11.3 Å². The lowest BCUT2D eigenvalue weighted by molar-refractivity contribution is -0.122. The molecule has 0 aromatic carbocycles. The number of carbonyl (C=O) groups is 2. The molecule has 140 valence electrons. The number of aromatic nitrogens is 2. The molecule has 1 aliphatic rings. The fourth-order valence-electron chi connectivity index (χ4n) is 2.99. The minimum Gasteiger partial charge on any atom is -0.467 e. The molecule has 0 aliphatic heterocycles. The number of fused-ring (bicyclic) bond motifs is 3. The van der Waals surface area contributed by atoms with Crippen LogP contribution in [0.5, 0.6) is 5.88 Å². The van der Waals surface area contributed by atoms with Crippen molar-refractivity contribution in [2.45, 2.75) is 40.0 Å². The highest BCUT2D eigenvalue weighted by Gasteiger charge is 2.24. The van der Waals surface area contributed by atoms with Crippen molar-refractivity contribution < 1.29 is 14.3 Å². The zero-order valence-electron chi connectivity index (χ0n) is 15.3. The second-order valence-electron chi connectivity index (χ2n) is 7.15. The summed E-state index contributed by atoms with van der Waals surface area (Å²) in [5, 5.41) is 5.81. The third kappa shape index (κ3) is 4.30. The predicted octanol–water partition coefficient (Wildman–Crippen LogP) is 2.68. The van der Waals surface area contributed by atoms with Gasteiger partial charge in [0.05, 0.1) is 5.39 Å².